The molecule has 4 fully saturated rings. The first-order chi connectivity index (χ1) is 9.22. The third-order valence-electron chi connectivity index (χ3n) is 6.34. The number of ether oxygens (including phenoxy) is 1. The fourth-order valence-corrected chi connectivity index (χ4v) is 4.97. The van der Waals surface area contributed by atoms with Crippen molar-refractivity contribution in [2.75, 3.05) is 26.3 Å². The summed E-state index contributed by atoms with van der Waals surface area (Å²) in [6.07, 6.45) is 9.90. The Balaban J connectivity index is 1.52. The molecule has 0 N–H and O–H groups in total. The summed E-state index contributed by atoms with van der Waals surface area (Å²) in [5, 5.41) is 0. The maximum atomic E-state index is 13.0. The molecule has 1 saturated heterocycles. The van der Waals surface area contributed by atoms with Gasteiger partial charge in [-0.3, -0.25) is 4.79 Å². The number of fused-ring (bicyclic) bond motifs is 2. The first kappa shape index (κ1) is 12.2. The molecule has 19 heavy (non-hydrogen) atoms. The molecule has 3 heteroatoms. The number of nitrogens with zero attached hydrogens (tertiary/aromatic N) is 1. The van der Waals surface area contributed by atoms with Crippen LogP contribution in [0.2, 0.25) is 0 Å². The minimum absolute atomic E-state index is 0.0416. The summed E-state index contributed by atoms with van der Waals surface area (Å²) in [6.45, 7) is 3.42. The molecule has 106 valence electrons. The van der Waals surface area contributed by atoms with Gasteiger partial charge in [0.05, 0.1) is 13.2 Å². The second-order valence-corrected chi connectivity index (χ2v) is 7.56. The van der Waals surface area contributed by atoms with Gasteiger partial charge in [0.25, 0.3) is 0 Å². The zero-order valence-corrected chi connectivity index (χ0v) is 11.8. The van der Waals surface area contributed by atoms with Crippen LogP contribution in [0.1, 0.15) is 51.4 Å². The molecule has 0 aromatic rings. The molecule has 0 aromatic heterocycles. The average molecular weight is 263 g/mol. The van der Waals surface area contributed by atoms with Gasteiger partial charge in [0, 0.05) is 23.9 Å². The van der Waals surface area contributed by atoms with Gasteiger partial charge in [0.2, 0.25) is 5.91 Å². The van der Waals surface area contributed by atoms with Gasteiger partial charge < -0.3 is 9.64 Å². The lowest BCUT2D eigenvalue weighted by molar-refractivity contribution is -0.143. The van der Waals surface area contributed by atoms with Crippen LogP contribution in [0, 0.1) is 16.7 Å². The monoisotopic (exact) mass is 263 g/mol. The van der Waals surface area contributed by atoms with Crippen LogP contribution < -0.4 is 0 Å². The predicted molar refractivity (Wildman–Crippen MR) is 72.7 cm³/mol. The molecule has 0 unspecified atom stereocenters. The Morgan fingerprint density at radius 3 is 2.53 bits per heavy atom. The van der Waals surface area contributed by atoms with Gasteiger partial charge >= 0.3 is 0 Å². The van der Waals surface area contributed by atoms with Crippen molar-refractivity contribution in [3.8, 4) is 0 Å². The molecule has 3 saturated carbocycles. The average Bonchev–Trinajstić information content (AvgIpc) is 2.91. The molecule has 3 aliphatic carbocycles. The number of carbonyl (C=O) groups excluding carboxylic acids is 1. The normalized spacial score (nSPS) is 40.2. The summed E-state index contributed by atoms with van der Waals surface area (Å²) in [6, 6.07) is 0. The van der Waals surface area contributed by atoms with E-state index in [1.807, 2.05) is 0 Å². The topological polar surface area (TPSA) is 29.5 Å². The number of amides is 1. The molecule has 3 nitrogen and oxygen atoms in total. The third-order valence-corrected chi connectivity index (χ3v) is 6.34. The molecule has 4 aliphatic rings. The van der Waals surface area contributed by atoms with Crippen LogP contribution in [0.4, 0.5) is 0 Å². The number of carbonyl (C=O) groups is 1. The van der Waals surface area contributed by atoms with Gasteiger partial charge in [-0.25, -0.2) is 0 Å². The summed E-state index contributed by atoms with van der Waals surface area (Å²) in [4.78, 5) is 15.2. The molecular weight excluding hydrogens is 238 g/mol. The van der Waals surface area contributed by atoms with Crippen molar-refractivity contribution in [3.05, 3.63) is 0 Å². The van der Waals surface area contributed by atoms with Crippen molar-refractivity contribution in [1.29, 1.82) is 0 Å². The fourth-order valence-electron chi connectivity index (χ4n) is 4.97. The minimum atomic E-state index is 0.0416. The van der Waals surface area contributed by atoms with E-state index in [2.05, 4.69) is 4.90 Å². The first-order valence-electron chi connectivity index (χ1n) is 8.09. The summed E-state index contributed by atoms with van der Waals surface area (Å²) >= 11 is 0. The zero-order chi connectivity index (χ0) is 12.9. The molecule has 0 aromatic carbocycles. The van der Waals surface area contributed by atoms with Gasteiger partial charge in [-0.05, 0) is 50.9 Å². The maximum Gasteiger partial charge on any atom is 0.228 e. The van der Waals surface area contributed by atoms with Crippen LogP contribution in [-0.4, -0.2) is 37.1 Å². The molecule has 1 spiro atoms. The Bertz CT molecular complexity index is 380. The molecule has 0 atom stereocenters. The maximum absolute atomic E-state index is 13.0. The van der Waals surface area contributed by atoms with E-state index in [9.17, 15) is 4.79 Å². The van der Waals surface area contributed by atoms with Gasteiger partial charge in [0.1, 0.15) is 0 Å². The van der Waals surface area contributed by atoms with Crippen molar-refractivity contribution in [2.45, 2.75) is 51.4 Å². The van der Waals surface area contributed by atoms with Crippen molar-refractivity contribution < 1.29 is 9.53 Å². The summed E-state index contributed by atoms with van der Waals surface area (Å²) in [5.41, 5.74) is 0.360. The SMILES string of the molecule is O=C(N1CCOCC2(CCC2)C1)C12CCC(CC1)C2. The molecule has 1 heterocycles. The molecule has 4 rings (SSSR count). The van der Waals surface area contributed by atoms with E-state index >= 15 is 0 Å². The van der Waals surface area contributed by atoms with Crippen LogP contribution in [0.3, 0.4) is 0 Å². The highest BCUT2D eigenvalue weighted by molar-refractivity contribution is 5.83. The van der Waals surface area contributed by atoms with Crippen LogP contribution in [0.15, 0.2) is 0 Å². The lowest BCUT2D eigenvalue weighted by atomic mass is 9.69. The molecule has 2 bridgehead atoms. The Morgan fingerprint density at radius 1 is 1.16 bits per heavy atom. The van der Waals surface area contributed by atoms with E-state index in [0.717, 1.165) is 45.1 Å². The lowest BCUT2D eigenvalue weighted by Crippen LogP contribution is -2.49. The van der Waals surface area contributed by atoms with Crippen molar-refractivity contribution in [1.82, 2.24) is 4.90 Å². The Kier molecular flexibility index (Phi) is 2.70. The molecule has 0 radical (unpaired) electrons. The minimum Gasteiger partial charge on any atom is -0.379 e. The van der Waals surface area contributed by atoms with Gasteiger partial charge in [-0.2, -0.15) is 0 Å². The second kappa shape index (κ2) is 4.21. The summed E-state index contributed by atoms with van der Waals surface area (Å²) in [5.74, 6) is 1.33. The van der Waals surface area contributed by atoms with E-state index in [1.54, 1.807) is 0 Å². The van der Waals surface area contributed by atoms with Crippen LogP contribution >= 0.6 is 0 Å². The summed E-state index contributed by atoms with van der Waals surface area (Å²) in [7, 11) is 0. The Hall–Kier alpha value is -0.570. The highest BCUT2D eigenvalue weighted by Gasteiger charge is 2.52. The zero-order valence-electron chi connectivity index (χ0n) is 11.8. The van der Waals surface area contributed by atoms with Crippen molar-refractivity contribution in [3.63, 3.8) is 0 Å². The molecule has 1 aliphatic heterocycles. The quantitative estimate of drug-likeness (QED) is 0.728. The van der Waals surface area contributed by atoms with Crippen LogP contribution in [-0.2, 0) is 9.53 Å². The van der Waals surface area contributed by atoms with Gasteiger partial charge in [0.15, 0.2) is 0 Å². The molecule has 1 amide bonds. The first-order valence-corrected chi connectivity index (χ1v) is 8.09. The number of rotatable bonds is 1. The smallest absolute Gasteiger partial charge is 0.228 e. The lowest BCUT2D eigenvalue weighted by Gasteiger charge is -2.44. The third kappa shape index (κ3) is 1.84. The Labute approximate surface area is 115 Å². The van der Waals surface area contributed by atoms with Crippen molar-refractivity contribution in [2.24, 2.45) is 16.7 Å². The second-order valence-electron chi connectivity index (χ2n) is 7.56. The largest absolute Gasteiger partial charge is 0.379 e. The van der Waals surface area contributed by atoms with E-state index in [4.69, 9.17) is 4.74 Å². The van der Waals surface area contributed by atoms with E-state index < -0.39 is 0 Å². The summed E-state index contributed by atoms with van der Waals surface area (Å²) < 4.78 is 5.78. The van der Waals surface area contributed by atoms with Gasteiger partial charge in [-0.15, -0.1) is 0 Å². The van der Waals surface area contributed by atoms with E-state index in [-0.39, 0.29) is 5.41 Å². The van der Waals surface area contributed by atoms with Crippen LogP contribution in [0.25, 0.3) is 0 Å². The molecular formula is C16H25NO2. The van der Waals surface area contributed by atoms with Crippen molar-refractivity contribution >= 4 is 5.91 Å². The van der Waals surface area contributed by atoms with E-state index in [1.165, 1.54) is 38.5 Å². The predicted octanol–water partition coefficient (Wildman–Crippen LogP) is 2.60. The van der Waals surface area contributed by atoms with E-state index in [0.29, 0.717) is 11.3 Å². The highest BCUT2D eigenvalue weighted by atomic mass is 16.5. The Morgan fingerprint density at radius 2 is 1.95 bits per heavy atom. The standard InChI is InChI=1S/C16H25NO2/c18-14(16-6-2-13(10-16)3-7-16)17-8-9-19-12-15(11-17)4-1-5-15/h13H,1-12H2. The van der Waals surface area contributed by atoms with Gasteiger partial charge in [-0.1, -0.05) is 6.42 Å². The van der Waals surface area contributed by atoms with Crippen LogP contribution in [0.5, 0.6) is 0 Å². The fraction of sp³-hybridized carbons (Fsp3) is 0.938. The highest BCUT2D eigenvalue weighted by Crippen LogP contribution is 2.55. The number of hydrogen-bond donors (Lipinski definition) is 0. The number of hydrogen-bond acceptors (Lipinski definition) is 2.